The lowest BCUT2D eigenvalue weighted by Crippen LogP contribution is -1.97. The SMILES string of the molecule is c1ccc2c(c1)oc1cc(-c3ccc4c(c3)c3ccccc3n4-c3ccc(-n4c5ccccc5c5c6ccccc6oc54)cc3)ccc12. The number of fused-ring (bicyclic) bond motifs is 11. The molecular weight excluding hydrogens is 588 g/mol. The van der Waals surface area contributed by atoms with Crippen LogP contribution in [0, 0.1) is 0 Å². The van der Waals surface area contributed by atoms with Crippen LogP contribution in [-0.4, -0.2) is 9.13 Å². The van der Waals surface area contributed by atoms with E-state index in [0.717, 1.165) is 72.0 Å². The molecule has 7 aromatic carbocycles. The summed E-state index contributed by atoms with van der Waals surface area (Å²) in [5, 5.41) is 8.23. The molecule has 4 aromatic heterocycles. The third kappa shape index (κ3) is 3.49. The highest BCUT2D eigenvalue weighted by molar-refractivity contribution is 6.20. The first kappa shape index (κ1) is 25.6. The molecule has 0 spiro atoms. The molecule has 0 bridgehead atoms. The number of furan rings is 2. The van der Waals surface area contributed by atoms with E-state index in [1.807, 2.05) is 24.3 Å². The van der Waals surface area contributed by atoms with E-state index in [9.17, 15) is 0 Å². The van der Waals surface area contributed by atoms with Crippen LogP contribution in [0.1, 0.15) is 0 Å². The maximum atomic E-state index is 6.48. The fraction of sp³-hybridized carbons (Fsp3) is 0. The molecule has 0 radical (unpaired) electrons. The highest BCUT2D eigenvalue weighted by Gasteiger charge is 2.19. The van der Waals surface area contributed by atoms with E-state index in [0.29, 0.717) is 0 Å². The predicted octanol–water partition coefficient (Wildman–Crippen LogP) is 12.2. The molecular formula is C44H26N2O2. The van der Waals surface area contributed by atoms with E-state index in [-0.39, 0.29) is 0 Å². The van der Waals surface area contributed by atoms with Crippen molar-refractivity contribution < 1.29 is 8.83 Å². The third-order valence-electron chi connectivity index (χ3n) is 9.95. The molecule has 11 aromatic rings. The number of aromatic nitrogens is 2. The second kappa shape index (κ2) is 9.50. The Morgan fingerprint density at radius 3 is 1.67 bits per heavy atom. The number of hydrogen-bond acceptors (Lipinski definition) is 2. The summed E-state index contributed by atoms with van der Waals surface area (Å²) in [6, 6.07) is 55.9. The maximum absolute atomic E-state index is 6.48. The Morgan fingerprint density at radius 1 is 0.333 bits per heavy atom. The van der Waals surface area contributed by atoms with Gasteiger partial charge in [-0.15, -0.1) is 0 Å². The van der Waals surface area contributed by atoms with Gasteiger partial charge < -0.3 is 13.4 Å². The first-order chi connectivity index (χ1) is 23.8. The summed E-state index contributed by atoms with van der Waals surface area (Å²) in [5.74, 6) is 0. The summed E-state index contributed by atoms with van der Waals surface area (Å²) >= 11 is 0. The van der Waals surface area contributed by atoms with Crippen molar-refractivity contribution in [3.63, 3.8) is 0 Å². The Hall–Kier alpha value is -6.52. The van der Waals surface area contributed by atoms with Crippen LogP contribution in [0.4, 0.5) is 0 Å². The second-order valence-corrected chi connectivity index (χ2v) is 12.5. The van der Waals surface area contributed by atoms with Gasteiger partial charge in [-0.3, -0.25) is 4.57 Å². The molecule has 11 rings (SSSR count). The lowest BCUT2D eigenvalue weighted by molar-refractivity contribution is 0.645. The van der Waals surface area contributed by atoms with Crippen molar-refractivity contribution in [1.29, 1.82) is 0 Å². The van der Waals surface area contributed by atoms with Crippen LogP contribution in [0.2, 0.25) is 0 Å². The normalized spacial score (nSPS) is 12.2. The van der Waals surface area contributed by atoms with E-state index in [2.05, 4.69) is 143 Å². The van der Waals surface area contributed by atoms with Gasteiger partial charge in [-0.05, 0) is 83.9 Å². The van der Waals surface area contributed by atoms with Gasteiger partial charge in [0.25, 0.3) is 0 Å². The number of para-hydroxylation sites is 4. The number of rotatable bonds is 3. The topological polar surface area (TPSA) is 36.1 Å². The zero-order valence-electron chi connectivity index (χ0n) is 25.7. The fourth-order valence-electron chi connectivity index (χ4n) is 7.78. The van der Waals surface area contributed by atoms with Gasteiger partial charge in [0.1, 0.15) is 16.7 Å². The van der Waals surface area contributed by atoms with Gasteiger partial charge >= 0.3 is 0 Å². The Morgan fingerprint density at radius 2 is 0.875 bits per heavy atom. The summed E-state index contributed by atoms with van der Waals surface area (Å²) in [4.78, 5) is 0. The molecule has 4 nitrogen and oxygen atoms in total. The van der Waals surface area contributed by atoms with Gasteiger partial charge in [-0.1, -0.05) is 84.9 Å². The lowest BCUT2D eigenvalue weighted by Gasteiger charge is -2.11. The number of benzene rings is 7. The van der Waals surface area contributed by atoms with Gasteiger partial charge in [0.05, 0.1) is 21.9 Å². The molecule has 0 fully saturated rings. The second-order valence-electron chi connectivity index (χ2n) is 12.5. The molecule has 4 heterocycles. The highest BCUT2D eigenvalue weighted by atomic mass is 16.3. The van der Waals surface area contributed by atoms with E-state index < -0.39 is 0 Å². The molecule has 0 saturated carbocycles. The van der Waals surface area contributed by atoms with Gasteiger partial charge in [-0.2, -0.15) is 0 Å². The first-order valence-electron chi connectivity index (χ1n) is 16.3. The average molecular weight is 615 g/mol. The van der Waals surface area contributed by atoms with E-state index in [1.54, 1.807) is 0 Å². The lowest BCUT2D eigenvalue weighted by atomic mass is 10.0. The van der Waals surface area contributed by atoms with Crippen LogP contribution >= 0.6 is 0 Å². The van der Waals surface area contributed by atoms with Crippen molar-refractivity contribution >= 4 is 76.7 Å². The largest absolute Gasteiger partial charge is 0.456 e. The molecule has 0 N–H and O–H groups in total. The monoisotopic (exact) mass is 614 g/mol. The van der Waals surface area contributed by atoms with E-state index >= 15 is 0 Å². The maximum Gasteiger partial charge on any atom is 0.213 e. The Bertz CT molecular complexity index is 3060. The highest BCUT2D eigenvalue weighted by Crippen LogP contribution is 2.40. The smallest absolute Gasteiger partial charge is 0.213 e. The molecule has 0 unspecified atom stereocenters. The van der Waals surface area contributed by atoms with Crippen LogP contribution in [0.15, 0.2) is 167 Å². The van der Waals surface area contributed by atoms with Crippen molar-refractivity contribution in [3.05, 3.63) is 158 Å². The summed E-state index contributed by atoms with van der Waals surface area (Å²) in [6.45, 7) is 0. The molecule has 224 valence electrons. The molecule has 0 aliphatic carbocycles. The Labute approximate surface area is 274 Å². The Balaban J connectivity index is 1.06. The van der Waals surface area contributed by atoms with Crippen molar-refractivity contribution in [2.45, 2.75) is 0 Å². The summed E-state index contributed by atoms with van der Waals surface area (Å²) in [7, 11) is 0. The van der Waals surface area contributed by atoms with Crippen molar-refractivity contribution in [1.82, 2.24) is 9.13 Å². The van der Waals surface area contributed by atoms with Crippen molar-refractivity contribution in [2.24, 2.45) is 0 Å². The van der Waals surface area contributed by atoms with Gasteiger partial charge in [-0.25, -0.2) is 0 Å². The molecule has 0 atom stereocenters. The van der Waals surface area contributed by atoms with E-state index in [1.165, 1.54) is 27.2 Å². The molecule has 0 aliphatic heterocycles. The van der Waals surface area contributed by atoms with Gasteiger partial charge in [0.15, 0.2) is 0 Å². The average Bonchev–Trinajstić information content (AvgIpc) is 3.88. The first-order valence-corrected chi connectivity index (χ1v) is 16.3. The zero-order valence-corrected chi connectivity index (χ0v) is 25.7. The third-order valence-corrected chi connectivity index (χ3v) is 9.95. The van der Waals surface area contributed by atoms with Crippen molar-refractivity contribution in [3.8, 4) is 22.5 Å². The molecule has 0 amide bonds. The van der Waals surface area contributed by atoms with Crippen LogP contribution in [-0.2, 0) is 0 Å². The Kier molecular flexibility index (Phi) is 5.08. The van der Waals surface area contributed by atoms with Crippen LogP contribution in [0.25, 0.3) is 99.2 Å². The van der Waals surface area contributed by atoms with Crippen LogP contribution in [0.3, 0.4) is 0 Å². The minimum atomic E-state index is 0.871. The van der Waals surface area contributed by atoms with Crippen LogP contribution in [0.5, 0.6) is 0 Å². The molecule has 0 saturated heterocycles. The van der Waals surface area contributed by atoms with Crippen molar-refractivity contribution in [2.75, 3.05) is 0 Å². The minimum absolute atomic E-state index is 0.871. The zero-order chi connectivity index (χ0) is 31.3. The molecule has 0 aliphatic rings. The standard InChI is InChI=1S/C44H26N2O2/c1-5-13-37-31(9-1)36-25-27(28-17-23-33-32-10-3-7-15-40(32)47-42(33)26-28)18-24-39(36)45(37)29-19-21-30(22-20-29)46-38-14-6-2-11-34(38)43-35-12-4-8-16-41(35)48-44(43)46/h1-26H. The van der Waals surface area contributed by atoms with Crippen LogP contribution < -0.4 is 0 Å². The predicted molar refractivity (Wildman–Crippen MR) is 198 cm³/mol. The van der Waals surface area contributed by atoms with Gasteiger partial charge in [0.2, 0.25) is 5.71 Å². The summed E-state index contributed by atoms with van der Waals surface area (Å²) < 4.78 is 17.3. The quantitative estimate of drug-likeness (QED) is 0.198. The number of nitrogens with zero attached hydrogens (tertiary/aromatic N) is 2. The molecule has 48 heavy (non-hydrogen) atoms. The van der Waals surface area contributed by atoms with Gasteiger partial charge in [0, 0.05) is 43.7 Å². The summed E-state index contributed by atoms with van der Waals surface area (Å²) in [5.41, 5.74) is 11.6. The molecule has 4 heteroatoms. The van der Waals surface area contributed by atoms with E-state index in [4.69, 9.17) is 8.83 Å². The number of hydrogen-bond donors (Lipinski definition) is 0. The minimum Gasteiger partial charge on any atom is -0.456 e. The fourth-order valence-corrected chi connectivity index (χ4v) is 7.78. The summed E-state index contributed by atoms with van der Waals surface area (Å²) in [6.07, 6.45) is 0.